The number of hydrogen-bond donors (Lipinski definition) is 2. The number of carbonyl (C=O) groups is 1. The second kappa shape index (κ2) is 9.94. The molecule has 156 valence electrons. The third-order valence-electron chi connectivity index (χ3n) is 5.45. The number of imidazole rings is 1. The second-order valence-corrected chi connectivity index (χ2v) is 8.57. The predicted molar refractivity (Wildman–Crippen MR) is 122 cm³/mol. The van der Waals surface area contributed by atoms with E-state index in [-0.39, 0.29) is 12.2 Å². The lowest BCUT2D eigenvalue weighted by atomic mass is 9.98. The first-order valence-electron chi connectivity index (χ1n) is 10.5. The largest absolute Gasteiger partial charge is 0.446 e. The molecular formula is C24H26BrN3O2. The van der Waals surface area contributed by atoms with Crippen molar-refractivity contribution in [2.45, 2.75) is 44.6 Å². The molecule has 4 rings (SSSR count). The molecule has 6 heteroatoms. The lowest BCUT2D eigenvalue weighted by Crippen LogP contribution is -2.31. The average Bonchev–Trinajstić information content (AvgIpc) is 3.24. The highest BCUT2D eigenvalue weighted by atomic mass is 79.9. The summed E-state index contributed by atoms with van der Waals surface area (Å²) in [5, 5.41) is 2.83. The molecule has 1 saturated carbocycles. The fraction of sp³-hybridized carbons (Fsp3) is 0.333. The number of carbonyl (C=O) groups excluding carboxylic acids is 1. The van der Waals surface area contributed by atoms with E-state index in [0.717, 1.165) is 47.2 Å². The Kier molecular flexibility index (Phi) is 6.84. The lowest BCUT2D eigenvalue weighted by Gasteiger charge is -2.21. The smallest absolute Gasteiger partial charge is 0.407 e. The van der Waals surface area contributed by atoms with Crippen molar-refractivity contribution in [2.24, 2.45) is 0 Å². The van der Waals surface area contributed by atoms with E-state index in [0.29, 0.717) is 13.0 Å². The Morgan fingerprint density at radius 1 is 1.00 bits per heavy atom. The van der Waals surface area contributed by atoms with Crippen LogP contribution in [0, 0.1) is 0 Å². The van der Waals surface area contributed by atoms with Crippen molar-refractivity contribution in [1.29, 1.82) is 0 Å². The van der Waals surface area contributed by atoms with Gasteiger partial charge in [0.1, 0.15) is 11.9 Å². The monoisotopic (exact) mass is 467 g/mol. The third-order valence-corrected chi connectivity index (χ3v) is 5.97. The van der Waals surface area contributed by atoms with E-state index in [9.17, 15) is 4.79 Å². The Labute approximate surface area is 185 Å². The molecule has 1 aliphatic rings. The predicted octanol–water partition coefficient (Wildman–Crippen LogP) is 6.11. The molecule has 2 N–H and O–H groups in total. The van der Waals surface area contributed by atoms with Gasteiger partial charge >= 0.3 is 6.09 Å². The van der Waals surface area contributed by atoms with Crippen molar-refractivity contribution < 1.29 is 9.53 Å². The number of amides is 1. The molecule has 30 heavy (non-hydrogen) atoms. The van der Waals surface area contributed by atoms with Crippen LogP contribution in [0.4, 0.5) is 4.79 Å². The van der Waals surface area contributed by atoms with Crippen LogP contribution < -0.4 is 5.32 Å². The number of halogens is 1. The van der Waals surface area contributed by atoms with E-state index in [1.165, 1.54) is 17.5 Å². The van der Waals surface area contributed by atoms with Crippen molar-refractivity contribution in [3.63, 3.8) is 0 Å². The van der Waals surface area contributed by atoms with Gasteiger partial charge in [-0.3, -0.25) is 0 Å². The van der Waals surface area contributed by atoms with E-state index in [4.69, 9.17) is 4.74 Å². The lowest BCUT2D eigenvalue weighted by molar-refractivity contribution is 0.0755. The summed E-state index contributed by atoms with van der Waals surface area (Å²) < 4.78 is 6.55. The number of alkyl carbamates (subject to hydrolysis) is 1. The number of benzene rings is 2. The van der Waals surface area contributed by atoms with Crippen LogP contribution in [0.5, 0.6) is 0 Å². The summed E-state index contributed by atoms with van der Waals surface area (Å²) in [5.74, 6) is 0.847. The van der Waals surface area contributed by atoms with Gasteiger partial charge in [-0.1, -0.05) is 58.7 Å². The Hall–Kier alpha value is -2.60. The van der Waals surface area contributed by atoms with Crippen LogP contribution in [0.1, 0.15) is 37.9 Å². The van der Waals surface area contributed by atoms with Gasteiger partial charge in [0.15, 0.2) is 0 Å². The number of hydrogen-bond acceptors (Lipinski definition) is 3. The van der Waals surface area contributed by atoms with Gasteiger partial charge in [0.25, 0.3) is 0 Å². The summed E-state index contributed by atoms with van der Waals surface area (Å²) in [6, 6.07) is 16.7. The summed E-state index contributed by atoms with van der Waals surface area (Å²) in [7, 11) is 0. The number of aromatic nitrogens is 2. The van der Waals surface area contributed by atoms with Crippen LogP contribution in [0.25, 0.3) is 22.4 Å². The minimum Gasteiger partial charge on any atom is -0.446 e. The number of H-pyrrole nitrogens is 1. The number of nitrogens with one attached hydrogen (secondary N) is 2. The van der Waals surface area contributed by atoms with Crippen molar-refractivity contribution in [3.05, 3.63) is 65.0 Å². The summed E-state index contributed by atoms with van der Waals surface area (Å²) in [6.07, 6.45) is 7.81. The molecule has 1 heterocycles. The molecule has 0 radical (unpaired) electrons. The quantitative estimate of drug-likeness (QED) is 0.459. The Balaban J connectivity index is 1.28. The van der Waals surface area contributed by atoms with Crippen LogP contribution in [0.3, 0.4) is 0 Å². The van der Waals surface area contributed by atoms with Crippen LogP contribution in [0.2, 0.25) is 0 Å². The van der Waals surface area contributed by atoms with E-state index in [2.05, 4.69) is 67.6 Å². The maximum absolute atomic E-state index is 11.9. The van der Waals surface area contributed by atoms with Crippen LogP contribution >= 0.6 is 15.9 Å². The normalized spacial score (nSPS) is 14.4. The zero-order valence-electron chi connectivity index (χ0n) is 16.9. The fourth-order valence-electron chi connectivity index (χ4n) is 3.77. The molecule has 1 amide bonds. The number of aromatic amines is 1. The van der Waals surface area contributed by atoms with E-state index < -0.39 is 0 Å². The number of nitrogens with zero attached hydrogens (tertiary/aromatic N) is 1. The molecule has 0 saturated heterocycles. The van der Waals surface area contributed by atoms with E-state index in [1.807, 2.05) is 18.3 Å². The van der Waals surface area contributed by atoms with Gasteiger partial charge < -0.3 is 15.0 Å². The molecule has 0 atom stereocenters. The molecule has 3 aromatic rings. The molecule has 0 aliphatic heterocycles. The Bertz CT molecular complexity index is 961. The molecule has 0 bridgehead atoms. The first kappa shape index (κ1) is 20.7. The van der Waals surface area contributed by atoms with Crippen molar-refractivity contribution >= 4 is 22.0 Å². The number of ether oxygens (including phenoxy) is 1. The van der Waals surface area contributed by atoms with Gasteiger partial charge in [0.2, 0.25) is 0 Å². The summed E-state index contributed by atoms with van der Waals surface area (Å²) in [5.41, 5.74) is 4.31. The Morgan fingerprint density at radius 3 is 2.33 bits per heavy atom. The van der Waals surface area contributed by atoms with Crippen molar-refractivity contribution in [3.8, 4) is 22.4 Å². The van der Waals surface area contributed by atoms with Crippen molar-refractivity contribution in [2.75, 3.05) is 6.54 Å². The molecular weight excluding hydrogens is 442 g/mol. The zero-order chi connectivity index (χ0) is 20.8. The second-order valence-electron chi connectivity index (χ2n) is 7.66. The minimum atomic E-state index is -0.322. The average molecular weight is 468 g/mol. The topological polar surface area (TPSA) is 67.0 Å². The molecule has 2 aromatic carbocycles. The molecule has 0 spiro atoms. The highest BCUT2D eigenvalue weighted by molar-refractivity contribution is 9.10. The first-order valence-corrected chi connectivity index (χ1v) is 11.3. The molecule has 1 aliphatic carbocycles. The van der Waals surface area contributed by atoms with Crippen LogP contribution in [0.15, 0.2) is 59.2 Å². The number of rotatable bonds is 6. The van der Waals surface area contributed by atoms with Gasteiger partial charge in [-0.25, -0.2) is 9.78 Å². The summed E-state index contributed by atoms with van der Waals surface area (Å²) in [6.45, 7) is 0.501. The summed E-state index contributed by atoms with van der Waals surface area (Å²) in [4.78, 5) is 19.8. The highest BCUT2D eigenvalue weighted by Gasteiger charge is 2.17. The van der Waals surface area contributed by atoms with E-state index in [1.54, 1.807) is 0 Å². The van der Waals surface area contributed by atoms with Crippen molar-refractivity contribution in [1.82, 2.24) is 15.3 Å². The molecule has 5 nitrogen and oxygen atoms in total. The first-order chi connectivity index (χ1) is 14.7. The minimum absolute atomic E-state index is 0.0781. The maximum Gasteiger partial charge on any atom is 0.407 e. The van der Waals surface area contributed by atoms with Gasteiger partial charge in [0, 0.05) is 29.2 Å². The van der Waals surface area contributed by atoms with Crippen LogP contribution in [-0.4, -0.2) is 28.7 Å². The van der Waals surface area contributed by atoms with Gasteiger partial charge in [-0.2, -0.15) is 0 Å². The van der Waals surface area contributed by atoms with E-state index >= 15 is 0 Å². The fourth-order valence-corrected chi connectivity index (χ4v) is 4.04. The molecule has 0 unspecified atom stereocenters. The SMILES string of the molecule is O=C(NCCc1nc(-c2ccc(-c3ccc(Br)cc3)cc2)c[nH]1)OC1CCCCC1. The highest BCUT2D eigenvalue weighted by Crippen LogP contribution is 2.25. The van der Waals surface area contributed by atoms with Crippen LogP contribution in [-0.2, 0) is 11.2 Å². The molecule has 1 fully saturated rings. The maximum atomic E-state index is 11.9. The summed E-state index contributed by atoms with van der Waals surface area (Å²) >= 11 is 3.47. The van der Waals surface area contributed by atoms with Gasteiger partial charge in [-0.15, -0.1) is 0 Å². The third kappa shape index (κ3) is 5.51. The Morgan fingerprint density at radius 2 is 1.63 bits per heavy atom. The standard InChI is InChI=1S/C24H26BrN3O2/c25-20-12-10-18(11-13-20)17-6-8-19(9-7-17)22-16-27-23(28-22)14-15-26-24(29)30-21-4-2-1-3-5-21/h6-13,16,21H,1-5,14-15H2,(H,26,29)(H,27,28). The van der Waals surface area contributed by atoms with Gasteiger partial charge in [0.05, 0.1) is 5.69 Å². The zero-order valence-corrected chi connectivity index (χ0v) is 18.5. The molecule has 1 aromatic heterocycles. The van der Waals surface area contributed by atoms with Gasteiger partial charge in [-0.05, 0) is 48.9 Å².